The minimum atomic E-state index is -1.10. The van der Waals surface area contributed by atoms with E-state index in [-0.39, 0.29) is 17.0 Å². The summed E-state index contributed by atoms with van der Waals surface area (Å²) in [4.78, 5) is 43.9. The predicted octanol–water partition coefficient (Wildman–Crippen LogP) is 7.87. The van der Waals surface area contributed by atoms with Crippen molar-refractivity contribution >= 4 is 72.7 Å². The third-order valence-corrected chi connectivity index (χ3v) is 8.83. The number of thiazole rings is 1. The largest absolute Gasteiger partial charge is 0.478 e. The van der Waals surface area contributed by atoms with Gasteiger partial charge >= 0.3 is 5.97 Å². The van der Waals surface area contributed by atoms with Crippen LogP contribution in [0.4, 0.5) is 10.8 Å². The van der Waals surface area contributed by atoms with E-state index >= 15 is 0 Å². The molecule has 6 aromatic rings. The zero-order chi connectivity index (χ0) is 29.1. The molecule has 3 N–H and O–H groups in total. The number of aromatic carboxylic acids is 1. The monoisotopic (exact) mass is 589 g/mol. The Bertz CT molecular complexity index is 1900. The maximum atomic E-state index is 13.5. The Morgan fingerprint density at radius 2 is 1.43 bits per heavy atom. The number of thioether (sulfide) groups is 1. The Morgan fingerprint density at radius 3 is 2.14 bits per heavy atom. The summed E-state index contributed by atoms with van der Waals surface area (Å²) in [5, 5.41) is 16.6. The van der Waals surface area contributed by atoms with Gasteiger partial charge in [0.1, 0.15) is 5.25 Å². The first-order chi connectivity index (χ1) is 20.5. The molecule has 2 amide bonds. The van der Waals surface area contributed by atoms with Gasteiger partial charge in [-0.3, -0.25) is 9.59 Å². The molecule has 9 heteroatoms. The van der Waals surface area contributed by atoms with E-state index in [1.165, 1.54) is 29.2 Å². The van der Waals surface area contributed by atoms with Crippen LogP contribution in [0.25, 0.3) is 21.0 Å². The van der Waals surface area contributed by atoms with Crippen molar-refractivity contribution in [2.75, 3.05) is 10.6 Å². The first kappa shape index (κ1) is 27.2. The maximum Gasteiger partial charge on any atom is 0.336 e. The number of anilines is 2. The van der Waals surface area contributed by atoms with Crippen LogP contribution in [0.1, 0.15) is 31.5 Å². The van der Waals surface area contributed by atoms with E-state index in [2.05, 4.69) is 15.6 Å². The number of fused-ring (bicyclic) bond motifs is 2. The number of amides is 2. The molecule has 206 valence electrons. The molecule has 1 heterocycles. The molecule has 0 aliphatic carbocycles. The summed E-state index contributed by atoms with van der Waals surface area (Å²) < 4.78 is 0.997. The van der Waals surface area contributed by atoms with Gasteiger partial charge in [-0.1, -0.05) is 78.1 Å². The molecule has 1 atom stereocenters. The van der Waals surface area contributed by atoms with Crippen LogP contribution in [-0.2, 0) is 4.79 Å². The van der Waals surface area contributed by atoms with Gasteiger partial charge in [0.05, 0.1) is 15.8 Å². The number of aromatic nitrogens is 1. The second-order valence-corrected chi connectivity index (χ2v) is 11.6. The fourth-order valence-electron chi connectivity index (χ4n) is 4.66. The first-order valence-corrected chi connectivity index (χ1v) is 14.7. The van der Waals surface area contributed by atoms with Gasteiger partial charge in [0.25, 0.3) is 5.91 Å². The van der Waals surface area contributed by atoms with Crippen molar-refractivity contribution in [3.05, 3.63) is 132 Å². The lowest BCUT2D eigenvalue weighted by Crippen LogP contribution is -2.18. The van der Waals surface area contributed by atoms with Crippen molar-refractivity contribution in [2.45, 2.75) is 10.1 Å². The fraction of sp³-hybridized carbons (Fsp3) is 0.0303. The Balaban J connectivity index is 1.21. The van der Waals surface area contributed by atoms with Crippen molar-refractivity contribution in [3.8, 4) is 0 Å². The van der Waals surface area contributed by atoms with E-state index in [0.717, 1.165) is 20.7 Å². The second kappa shape index (κ2) is 11.9. The molecule has 5 aromatic carbocycles. The van der Waals surface area contributed by atoms with Crippen LogP contribution < -0.4 is 10.6 Å². The summed E-state index contributed by atoms with van der Waals surface area (Å²) in [7, 11) is 0. The number of nitrogens with zero attached hydrogens (tertiary/aromatic N) is 1. The van der Waals surface area contributed by atoms with Crippen LogP contribution in [0.2, 0.25) is 0 Å². The van der Waals surface area contributed by atoms with Crippen molar-refractivity contribution in [2.24, 2.45) is 0 Å². The normalized spacial score (nSPS) is 11.7. The minimum Gasteiger partial charge on any atom is -0.478 e. The number of para-hydroxylation sites is 1. The van der Waals surface area contributed by atoms with Gasteiger partial charge in [-0.15, -0.1) is 11.8 Å². The molecule has 1 aromatic heterocycles. The van der Waals surface area contributed by atoms with Crippen LogP contribution in [0.5, 0.6) is 0 Å². The van der Waals surface area contributed by atoms with Crippen LogP contribution in [0.3, 0.4) is 0 Å². The zero-order valence-electron chi connectivity index (χ0n) is 22.0. The number of rotatable bonds is 8. The fourth-order valence-corrected chi connectivity index (χ4v) is 6.55. The number of hydrogen-bond acceptors (Lipinski definition) is 6. The highest BCUT2D eigenvalue weighted by atomic mass is 32.2. The van der Waals surface area contributed by atoms with Gasteiger partial charge in [0, 0.05) is 21.5 Å². The first-order valence-electron chi connectivity index (χ1n) is 13.0. The van der Waals surface area contributed by atoms with E-state index < -0.39 is 17.1 Å². The van der Waals surface area contributed by atoms with Gasteiger partial charge in [-0.05, 0) is 59.5 Å². The number of carbonyl (C=O) groups is 3. The number of carboxylic acids is 1. The van der Waals surface area contributed by atoms with Crippen LogP contribution in [0.15, 0.2) is 120 Å². The van der Waals surface area contributed by atoms with Crippen LogP contribution in [-0.4, -0.2) is 27.9 Å². The third kappa shape index (κ3) is 5.74. The Hall–Kier alpha value is -4.99. The number of carbonyl (C=O) groups excluding carboxylic acids is 2. The molecular weight excluding hydrogens is 567 g/mol. The molecule has 0 bridgehead atoms. The summed E-state index contributed by atoms with van der Waals surface area (Å²) in [6.45, 7) is 0. The van der Waals surface area contributed by atoms with Gasteiger partial charge in [-0.2, -0.15) is 0 Å². The van der Waals surface area contributed by atoms with Gasteiger partial charge in [0.2, 0.25) is 5.91 Å². The number of nitrogens with one attached hydrogen (secondary N) is 2. The van der Waals surface area contributed by atoms with E-state index in [9.17, 15) is 19.5 Å². The SMILES string of the molecule is O=C(O)c1cccc2cccc(C(=O)Nc3ccc(SC(C(=O)Nc4nc5ccccc5s4)c4ccccc4)cc3)c12. The summed E-state index contributed by atoms with van der Waals surface area (Å²) in [5.41, 5.74) is 2.58. The predicted molar refractivity (Wildman–Crippen MR) is 169 cm³/mol. The number of hydrogen-bond donors (Lipinski definition) is 3. The molecule has 1 unspecified atom stereocenters. The molecule has 0 spiro atoms. The second-order valence-electron chi connectivity index (χ2n) is 9.38. The zero-order valence-corrected chi connectivity index (χ0v) is 23.6. The van der Waals surface area contributed by atoms with E-state index in [4.69, 9.17) is 0 Å². The Morgan fingerprint density at radius 1 is 0.738 bits per heavy atom. The number of carboxylic acid groups (broad SMARTS) is 1. The van der Waals surface area contributed by atoms with Crippen molar-refractivity contribution in [1.29, 1.82) is 0 Å². The molecule has 0 aliphatic rings. The summed E-state index contributed by atoms with van der Waals surface area (Å²) in [5.74, 6) is -1.69. The van der Waals surface area contributed by atoms with Crippen LogP contribution >= 0.6 is 23.1 Å². The molecule has 6 rings (SSSR count). The lowest BCUT2D eigenvalue weighted by molar-refractivity contribution is -0.115. The molecule has 7 nitrogen and oxygen atoms in total. The van der Waals surface area contributed by atoms with Gasteiger partial charge in [0.15, 0.2) is 5.13 Å². The van der Waals surface area contributed by atoms with Crippen molar-refractivity contribution in [1.82, 2.24) is 4.98 Å². The lowest BCUT2D eigenvalue weighted by atomic mass is 9.98. The summed E-state index contributed by atoms with van der Waals surface area (Å²) >= 11 is 2.82. The maximum absolute atomic E-state index is 13.5. The lowest BCUT2D eigenvalue weighted by Gasteiger charge is -2.16. The summed E-state index contributed by atoms with van der Waals surface area (Å²) in [6.07, 6.45) is 0. The standard InChI is InChI=1S/C33H23N3O4S2/c37-30(24-12-6-10-20-11-7-13-25(28(20)24)32(39)40)34-22-16-18-23(19-17-22)41-29(21-8-2-1-3-9-21)31(38)36-33-35-26-14-4-5-15-27(26)42-33/h1-19,29H,(H,34,37)(H,39,40)(H,35,36,38). The van der Waals surface area contributed by atoms with Gasteiger partial charge < -0.3 is 15.7 Å². The number of benzene rings is 5. The van der Waals surface area contributed by atoms with Crippen molar-refractivity contribution in [3.63, 3.8) is 0 Å². The highest BCUT2D eigenvalue weighted by Crippen LogP contribution is 2.37. The highest BCUT2D eigenvalue weighted by molar-refractivity contribution is 8.00. The third-order valence-electron chi connectivity index (χ3n) is 6.61. The van der Waals surface area contributed by atoms with E-state index in [1.54, 1.807) is 42.5 Å². The molecule has 0 radical (unpaired) electrons. The smallest absolute Gasteiger partial charge is 0.336 e. The van der Waals surface area contributed by atoms with Gasteiger partial charge in [-0.25, -0.2) is 9.78 Å². The molecule has 0 saturated heterocycles. The topological polar surface area (TPSA) is 108 Å². The Labute approximate surface area is 249 Å². The van der Waals surface area contributed by atoms with Crippen molar-refractivity contribution < 1.29 is 19.5 Å². The molecule has 0 aliphatic heterocycles. The van der Waals surface area contributed by atoms with E-state index in [0.29, 0.717) is 21.6 Å². The van der Waals surface area contributed by atoms with Crippen LogP contribution in [0, 0.1) is 0 Å². The molecule has 42 heavy (non-hydrogen) atoms. The quantitative estimate of drug-likeness (QED) is 0.156. The highest BCUT2D eigenvalue weighted by Gasteiger charge is 2.23. The average Bonchev–Trinajstić information content (AvgIpc) is 3.42. The average molecular weight is 590 g/mol. The molecule has 0 saturated carbocycles. The Kier molecular flexibility index (Phi) is 7.68. The molecule has 0 fully saturated rings. The summed E-state index contributed by atoms with van der Waals surface area (Å²) in [6, 6.07) is 34.5. The minimum absolute atomic E-state index is 0.0704. The molecular formula is C33H23N3O4S2. The van der Waals surface area contributed by atoms with E-state index in [1.807, 2.05) is 66.7 Å².